The van der Waals surface area contributed by atoms with Gasteiger partial charge in [0.05, 0.1) is 13.6 Å². The number of nitrogens with two attached hydrogens (primary N) is 1. The first-order valence-corrected chi connectivity index (χ1v) is 9.95. The van der Waals surface area contributed by atoms with Gasteiger partial charge in [-0.25, -0.2) is 0 Å². The second-order valence-corrected chi connectivity index (χ2v) is 11.4. The van der Waals surface area contributed by atoms with Crippen LogP contribution in [0, 0.1) is 0 Å². The highest BCUT2D eigenvalue weighted by Gasteiger charge is 2.34. The molecule has 0 radical (unpaired) electrons. The van der Waals surface area contributed by atoms with Gasteiger partial charge in [-0.2, -0.15) is 0 Å². The summed E-state index contributed by atoms with van der Waals surface area (Å²) in [6.45, 7) is 12.7. The Bertz CT molecular complexity index is 448. The Morgan fingerprint density at radius 1 is 1.29 bits per heavy atom. The summed E-state index contributed by atoms with van der Waals surface area (Å²) in [7, 11) is -1.51. The predicted octanol–water partition coefficient (Wildman–Crippen LogP) is 4.21. The average molecular weight is 310 g/mol. The van der Waals surface area contributed by atoms with Gasteiger partial charge in [0.15, 0.2) is 0 Å². The van der Waals surface area contributed by atoms with E-state index in [9.17, 15) is 0 Å². The van der Waals surface area contributed by atoms with Gasteiger partial charge in [-0.1, -0.05) is 54.3 Å². The van der Waals surface area contributed by atoms with Crippen LogP contribution in [0.25, 0.3) is 0 Å². The Kier molecular flexibility index (Phi) is 4.21. The highest BCUT2D eigenvalue weighted by atomic mass is 79.9. The van der Waals surface area contributed by atoms with Gasteiger partial charge < -0.3 is 5.73 Å². The van der Waals surface area contributed by atoms with Crippen LogP contribution in [0.2, 0.25) is 19.6 Å². The lowest BCUT2D eigenvalue weighted by atomic mass is 9.93. The summed E-state index contributed by atoms with van der Waals surface area (Å²) in [4.78, 5) is 0. The molecule has 0 spiro atoms. The summed E-state index contributed by atoms with van der Waals surface area (Å²) in [6.07, 6.45) is 0. The van der Waals surface area contributed by atoms with Crippen molar-refractivity contribution in [1.29, 1.82) is 0 Å². The van der Waals surface area contributed by atoms with Gasteiger partial charge in [-0.15, -0.1) is 5.73 Å². The number of benzene rings is 1. The first-order valence-electron chi connectivity index (χ1n) is 5.65. The molecule has 0 saturated heterocycles. The molecule has 0 unspecified atom stereocenters. The summed E-state index contributed by atoms with van der Waals surface area (Å²) < 4.78 is 1.06. The van der Waals surface area contributed by atoms with Crippen LogP contribution < -0.4 is 5.73 Å². The van der Waals surface area contributed by atoms with Crippen molar-refractivity contribution in [3.05, 3.63) is 51.8 Å². The lowest BCUT2D eigenvalue weighted by Gasteiger charge is -2.34. The normalized spacial score (nSPS) is 14.9. The lowest BCUT2D eigenvalue weighted by molar-refractivity contribution is 0.611. The molecule has 0 fully saturated rings. The van der Waals surface area contributed by atoms with Crippen LogP contribution in [0.3, 0.4) is 0 Å². The molecule has 0 heterocycles. The fourth-order valence-electron chi connectivity index (χ4n) is 2.17. The predicted molar refractivity (Wildman–Crippen MR) is 81.7 cm³/mol. The minimum atomic E-state index is -1.51. The molecule has 0 aromatic heterocycles. The summed E-state index contributed by atoms with van der Waals surface area (Å²) in [5.41, 5.74) is 10.2. The Balaban J connectivity index is 3.27. The van der Waals surface area contributed by atoms with E-state index in [1.807, 2.05) is 19.1 Å². The molecule has 92 valence electrons. The Morgan fingerprint density at radius 2 is 1.76 bits per heavy atom. The third kappa shape index (κ3) is 3.20. The summed E-state index contributed by atoms with van der Waals surface area (Å²) >= 11 is 3.44. The van der Waals surface area contributed by atoms with Gasteiger partial charge in [0.2, 0.25) is 0 Å². The first kappa shape index (κ1) is 14.5. The highest BCUT2D eigenvalue weighted by molar-refractivity contribution is 9.10. The maximum Gasteiger partial charge on any atom is 0.0852 e. The zero-order valence-corrected chi connectivity index (χ0v) is 13.6. The Labute approximate surface area is 114 Å². The van der Waals surface area contributed by atoms with Crippen LogP contribution in [-0.4, -0.2) is 8.07 Å². The topological polar surface area (TPSA) is 26.0 Å². The molecular formula is C14H20BrNSi. The van der Waals surface area contributed by atoms with Crippen LogP contribution in [0.5, 0.6) is 0 Å². The molecule has 1 aromatic carbocycles. The van der Waals surface area contributed by atoms with E-state index in [0.29, 0.717) is 0 Å². The van der Waals surface area contributed by atoms with Crippen LogP contribution in [0.15, 0.2) is 46.2 Å². The minimum absolute atomic E-state index is 0.479. The van der Waals surface area contributed by atoms with Crippen molar-refractivity contribution >= 4 is 24.0 Å². The van der Waals surface area contributed by atoms with Crippen molar-refractivity contribution in [2.45, 2.75) is 32.1 Å². The van der Waals surface area contributed by atoms with E-state index in [4.69, 9.17) is 5.73 Å². The lowest BCUT2D eigenvalue weighted by Crippen LogP contribution is -2.44. The minimum Gasteiger partial charge on any atom is -0.318 e. The van der Waals surface area contributed by atoms with E-state index in [1.54, 1.807) is 0 Å². The van der Waals surface area contributed by atoms with Crippen LogP contribution in [0.1, 0.15) is 12.5 Å². The maximum absolute atomic E-state index is 6.51. The zero-order chi connectivity index (χ0) is 13.3. The molecular weight excluding hydrogens is 290 g/mol. The number of hydrogen-bond donors (Lipinski definition) is 1. The van der Waals surface area contributed by atoms with Gasteiger partial charge >= 0.3 is 0 Å². The number of halogens is 1. The molecule has 1 nitrogen and oxygen atoms in total. The molecule has 0 saturated carbocycles. The van der Waals surface area contributed by atoms with Gasteiger partial charge in [-0.05, 0) is 29.8 Å². The van der Waals surface area contributed by atoms with E-state index in [0.717, 1.165) is 15.2 Å². The Morgan fingerprint density at radius 3 is 2.12 bits per heavy atom. The molecule has 0 aliphatic carbocycles. The molecule has 2 N–H and O–H groups in total. The van der Waals surface area contributed by atoms with Gasteiger partial charge in [0.1, 0.15) is 0 Å². The van der Waals surface area contributed by atoms with Crippen LogP contribution in [-0.2, 0) is 5.54 Å². The largest absolute Gasteiger partial charge is 0.318 e. The third-order valence-corrected chi connectivity index (χ3v) is 5.61. The molecule has 0 aliphatic heterocycles. The van der Waals surface area contributed by atoms with E-state index < -0.39 is 13.6 Å². The SMILES string of the molecule is C=C=C([C@@](C)(N)c1ccc(Br)cc1)[Si](C)(C)C. The molecule has 0 bridgehead atoms. The zero-order valence-electron chi connectivity index (χ0n) is 11.0. The number of hydrogen-bond acceptors (Lipinski definition) is 1. The smallest absolute Gasteiger partial charge is 0.0852 e. The van der Waals surface area contributed by atoms with Gasteiger partial charge in [-0.3, -0.25) is 0 Å². The highest BCUT2D eigenvalue weighted by Crippen LogP contribution is 2.32. The van der Waals surface area contributed by atoms with Crippen molar-refractivity contribution in [3.63, 3.8) is 0 Å². The Hall–Kier alpha value is -0.603. The molecule has 0 aliphatic rings. The maximum atomic E-state index is 6.51. The van der Waals surface area contributed by atoms with Crippen LogP contribution >= 0.6 is 15.9 Å². The van der Waals surface area contributed by atoms with E-state index in [-0.39, 0.29) is 0 Å². The molecule has 17 heavy (non-hydrogen) atoms. The van der Waals surface area contributed by atoms with Crippen molar-refractivity contribution in [1.82, 2.24) is 0 Å². The molecule has 1 atom stereocenters. The van der Waals surface area contributed by atoms with E-state index in [1.165, 1.54) is 0 Å². The van der Waals surface area contributed by atoms with Gasteiger partial charge in [0, 0.05) is 4.47 Å². The van der Waals surface area contributed by atoms with E-state index >= 15 is 0 Å². The standard InChI is InChI=1S/C14H20BrNSi/c1-6-13(17(3,4)5)14(2,16)11-7-9-12(15)10-8-11/h7-10H,1,16H2,2-5H3/t14-/m0/s1. The number of rotatable bonds is 3. The molecule has 3 heteroatoms. The fourth-order valence-corrected chi connectivity index (χ4v) is 4.67. The first-order chi connectivity index (χ1) is 7.69. The molecule has 0 amide bonds. The average Bonchev–Trinajstić information content (AvgIpc) is 2.16. The van der Waals surface area contributed by atoms with Crippen molar-refractivity contribution < 1.29 is 0 Å². The molecule has 1 aromatic rings. The van der Waals surface area contributed by atoms with Crippen molar-refractivity contribution in [3.8, 4) is 0 Å². The quantitative estimate of drug-likeness (QED) is 0.657. The molecule has 1 rings (SSSR count). The summed E-state index contributed by atoms with van der Waals surface area (Å²) in [6, 6.07) is 8.15. The second-order valence-electron chi connectivity index (χ2n) is 5.51. The van der Waals surface area contributed by atoms with E-state index in [2.05, 4.69) is 60.0 Å². The summed E-state index contributed by atoms with van der Waals surface area (Å²) in [5.74, 6) is 0. The van der Waals surface area contributed by atoms with Crippen LogP contribution in [0.4, 0.5) is 0 Å². The second kappa shape index (κ2) is 4.95. The fraction of sp³-hybridized carbons (Fsp3) is 0.357. The monoisotopic (exact) mass is 309 g/mol. The third-order valence-electron chi connectivity index (χ3n) is 2.89. The summed E-state index contributed by atoms with van der Waals surface area (Å²) in [5, 5.41) is 1.16. The van der Waals surface area contributed by atoms with Crippen molar-refractivity contribution in [2.24, 2.45) is 5.73 Å². The van der Waals surface area contributed by atoms with Crippen molar-refractivity contribution in [2.75, 3.05) is 0 Å². The van der Waals surface area contributed by atoms with Gasteiger partial charge in [0.25, 0.3) is 0 Å².